The zero-order chi connectivity index (χ0) is 22.6. The molecule has 164 valence electrons. The van der Waals surface area contributed by atoms with Gasteiger partial charge < -0.3 is 9.64 Å². The second-order valence-corrected chi connectivity index (χ2v) is 10.3. The van der Waals surface area contributed by atoms with Crippen LogP contribution in [-0.2, 0) is 19.4 Å². The van der Waals surface area contributed by atoms with Crippen LogP contribution in [0.2, 0.25) is 0 Å². The lowest BCUT2D eigenvalue weighted by atomic mass is 10.2. The third-order valence-corrected chi connectivity index (χ3v) is 7.68. The van der Waals surface area contributed by atoms with Crippen molar-refractivity contribution < 1.29 is 27.7 Å². The number of nitrogens with zero attached hydrogens (tertiary/aromatic N) is 2. The highest BCUT2D eigenvalue weighted by atomic mass is 32.2. The lowest BCUT2D eigenvalue weighted by molar-refractivity contribution is -0.384. The Labute approximate surface area is 183 Å². The maximum Gasteiger partial charge on any atom is 0.340 e. The number of esters is 1. The van der Waals surface area contributed by atoms with Crippen molar-refractivity contribution in [3.05, 3.63) is 64.2 Å². The molecule has 0 N–H and O–H groups in total. The Morgan fingerprint density at radius 3 is 2.55 bits per heavy atom. The third-order valence-electron chi connectivity index (χ3n) is 4.84. The van der Waals surface area contributed by atoms with E-state index in [1.165, 1.54) is 35.8 Å². The molecule has 1 atom stereocenters. The zero-order valence-corrected chi connectivity index (χ0v) is 18.2. The van der Waals surface area contributed by atoms with Gasteiger partial charge in [0, 0.05) is 35.0 Å². The highest BCUT2D eigenvalue weighted by Crippen LogP contribution is 2.33. The van der Waals surface area contributed by atoms with Crippen molar-refractivity contribution in [3.8, 4) is 0 Å². The Bertz CT molecular complexity index is 1100. The smallest absolute Gasteiger partial charge is 0.340 e. The predicted octanol–water partition coefficient (Wildman–Crippen LogP) is 2.55. The molecule has 9 nitrogen and oxygen atoms in total. The molecule has 11 heteroatoms. The molecule has 0 spiro atoms. The second kappa shape index (κ2) is 9.48. The summed E-state index contributed by atoms with van der Waals surface area (Å²) < 4.78 is 28.3. The van der Waals surface area contributed by atoms with E-state index in [9.17, 15) is 28.1 Å². The van der Waals surface area contributed by atoms with E-state index in [-0.39, 0.29) is 22.8 Å². The molecule has 0 unspecified atom stereocenters. The lowest BCUT2D eigenvalue weighted by Gasteiger charge is -2.23. The molecule has 1 aliphatic heterocycles. The maximum absolute atomic E-state index is 12.7. The number of carbonyl (C=O) groups excluding carboxylic acids is 2. The van der Waals surface area contributed by atoms with E-state index in [0.717, 1.165) is 11.0 Å². The maximum atomic E-state index is 12.7. The highest BCUT2D eigenvalue weighted by molar-refractivity contribution is 7.99. The standard InChI is InChI=1S/C20H20N2O7S2/c1-21(15-9-10-31(27,28)13-15)19(23)12-29-20(24)17-11-14(22(25)26)7-8-18(17)30-16-5-3-2-4-6-16/h2-8,11,15H,9-10,12-13H2,1H3/t15-/m0/s1. The molecular formula is C20H20N2O7S2. The quantitative estimate of drug-likeness (QED) is 0.348. The number of nitro groups is 1. The topological polar surface area (TPSA) is 124 Å². The van der Waals surface area contributed by atoms with Crippen molar-refractivity contribution in [2.75, 3.05) is 25.2 Å². The number of sulfone groups is 1. The summed E-state index contributed by atoms with van der Waals surface area (Å²) in [5, 5.41) is 11.1. The summed E-state index contributed by atoms with van der Waals surface area (Å²) in [5.74, 6) is -1.52. The van der Waals surface area contributed by atoms with Crippen LogP contribution in [0.15, 0.2) is 58.3 Å². The van der Waals surface area contributed by atoms with E-state index in [1.807, 2.05) is 30.3 Å². The molecular weight excluding hydrogens is 444 g/mol. The van der Waals surface area contributed by atoms with Gasteiger partial charge >= 0.3 is 5.97 Å². The first kappa shape index (κ1) is 22.8. The van der Waals surface area contributed by atoms with Gasteiger partial charge in [-0.05, 0) is 24.6 Å². The SMILES string of the molecule is CN(C(=O)COC(=O)c1cc([N+](=O)[O-])ccc1Sc1ccccc1)[C@H]1CCS(=O)(=O)C1. The molecule has 0 aromatic heterocycles. The van der Waals surface area contributed by atoms with Gasteiger partial charge in [-0.1, -0.05) is 30.0 Å². The van der Waals surface area contributed by atoms with E-state index in [2.05, 4.69) is 0 Å². The van der Waals surface area contributed by atoms with Crippen molar-refractivity contribution in [3.63, 3.8) is 0 Å². The monoisotopic (exact) mass is 464 g/mol. The van der Waals surface area contributed by atoms with Crippen molar-refractivity contribution in [1.82, 2.24) is 4.90 Å². The van der Waals surface area contributed by atoms with Crippen LogP contribution >= 0.6 is 11.8 Å². The number of benzene rings is 2. The van der Waals surface area contributed by atoms with E-state index in [1.54, 1.807) is 0 Å². The average molecular weight is 465 g/mol. The van der Waals surface area contributed by atoms with Crippen LogP contribution in [0, 0.1) is 10.1 Å². The fourth-order valence-electron chi connectivity index (χ4n) is 3.09. The van der Waals surface area contributed by atoms with Gasteiger partial charge in [0.25, 0.3) is 11.6 Å². The number of hydrogen-bond donors (Lipinski definition) is 0. The number of ether oxygens (including phenoxy) is 1. The summed E-state index contributed by atoms with van der Waals surface area (Å²) >= 11 is 1.24. The molecule has 1 amide bonds. The molecule has 0 bridgehead atoms. The minimum absolute atomic E-state index is 0.0167. The van der Waals surface area contributed by atoms with Gasteiger partial charge in [-0.2, -0.15) is 0 Å². The lowest BCUT2D eigenvalue weighted by Crippen LogP contribution is -2.40. The van der Waals surface area contributed by atoms with Gasteiger partial charge in [-0.15, -0.1) is 0 Å². The Morgan fingerprint density at radius 2 is 1.94 bits per heavy atom. The molecule has 0 aliphatic carbocycles. The summed E-state index contributed by atoms with van der Waals surface area (Å²) in [4.78, 5) is 38.1. The number of nitro benzene ring substituents is 1. The summed E-state index contributed by atoms with van der Waals surface area (Å²) in [6, 6.07) is 12.6. The van der Waals surface area contributed by atoms with Crippen LogP contribution in [0.1, 0.15) is 16.8 Å². The number of carbonyl (C=O) groups is 2. The van der Waals surface area contributed by atoms with Gasteiger partial charge in [0.1, 0.15) is 0 Å². The van der Waals surface area contributed by atoms with E-state index >= 15 is 0 Å². The first-order chi connectivity index (χ1) is 14.7. The van der Waals surface area contributed by atoms with Crippen LogP contribution in [0.5, 0.6) is 0 Å². The third kappa shape index (κ3) is 5.82. The molecule has 1 saturated heterocycles. The van der Waals surface area contributed by atoms with Crippen LogP contribution in [-0.4, -0.2) is 61.3 Å². The summed E-state index contributed by atoms with van der Waals surface area (Å²) in [5.41, 5.74) is -0.300. The number of likely N-dealkylation sites (N-methyl/N-ethyl adjacent to an activating group) is 1. The molecule has 0 radical (unpaired) electrons. The average Bonchev–Trinajstić information content (AvgIpc) is 3.11. The normalized spacial score (nSPS) is 17.1. The summed E-state index contributed by atoms with van der Waals surface area (Å²) in [7, 11) is -1.70. The number of rotatable bonds is 7. The molecule has 2 aromatic carbocycles. The van der Waals surface area contributed by atoms with Gasteiger partial charge in [0.05, 0.1) is 22.0 Å². The van der Waals surface area contributed by atoms with Crippen molar-refractivity contribution >= 4 is 39.2 Å². The number of amides is 1. The Hall–Kier alpha value is -2.92. The van der Waals surface area contributed by atoms with Crippen LogP contribution in [0.3, 0.4) is 0 Å². The van der Waals surface area contributed by atoms with Crippen LogP contribution in [0.4, 0.5) is 5.69 Å². The van der Waals surface area contributed by atoms with Gasteiger partial charge in [-0.3, -0.25) is 14.9 Å². The van der Waals surface area contributed by atoms with E-state index in [0.29, 0.717) is 11.3 Å². The minimum atomic E-state index is -3.16. The number of hydrogen-bond acceptors (Lipinski definition) is 8. The molecule has 1 fully saturated rings. The largest absolute Gasteiger partial charge is 0.452 e. The fourth-order valence-corrected chi connectivity index (χ4v) is 5.80. The predicted molar refractivity (Wildman–Crippen MR) is 114 cm³/mol. The van der Waals surface area contributed by atoms with Crippen molar-refractivity contribution in [2.24, 2.45) is 0 Å². The summed E-state index contributed by atoms with van der Waals surface area (Å²) in [6.07, 6.45) is 0.335. The molecule has 1 heterocycles. The number of non-ortho nitro benzene ring substituents is 1. The first-order valence-electron chi connectivity index (χ1n) is 9.31. The van der Waals surface area contributed by atoms with Gasteiger partial charge in [0.15, 0.2) is 16.4 Å². The van der Waals surface area contributed by atoms with Crippen LogP contribution in [0.25, 0.3) is 0 Å². The fraction of sp³-hybridized carbons (Fsp3) is 0.300. The second-order valence-electron chi connectivity index (χ2n) is 6.99. The Kier molecular flexibility index (Phi) is 6.96. The molecule has 2 aromatic rings. The molecule has 31 heavy (non-hydrogen) atoms. The Balaban J connectivity index is 1.72. The highest BCUT2D eigenvalue weighted by Gasteiger charge is 2.33. The van der Waals surface area contributed by atoms with Gasteiger partial charge in [-0.25, -0.2) is 13.2 Å². The minimum Gasteiger partial charge on any atom is -0.452 e. The summed E-state index contributed by atoms with van der Waals surface area (Å²) in [6.45, 7) is -0.593. The van der Waals surface area contributed by atoms with Crippen LogP contribution < -0.4 is 0 Å². The van der Waals surface area contributed by atoms with E-state index in [4.69, 9.17) is 4.74 Å². The van der Waals surface area contributed by atoms with Crippen molar-refractivity contribution in [2.45, 2.75) is 22.3 Å². The molecule has 0 saturated carbocycles. The molecule has 3 rings (SSSR count). The molecule has 1 aliphatic rings. The van der Waals surface area contributed by atoms with E-state index < -0.39 is 39.3 Å². The Morgan fingerprint density at radius 1 is 1.23 bits per heavy atom. The van der Waals surface area contributed by atoms with Gasteiger partial charge in [0.2, 0.25) is 0 Å². The first-order valence-corrected chi connectivity index (χ1v) is 11.9. The van der Waals surface area contributed by atoms with Crippen molar-refractivity contribution in [1.29, 1.82) is 0 Å². The zero-order valence-electron chi connectivity index (χ0n) is 16.6.